The Bertz CT molecular complexity index is 1120. The lowest BCUT2D eigenvalue weighted by Gasteiger charge is -2.28. The smallest absolute Gasteiger partial charge is 0.426 e. The average molecular weight is 488 g/mol. The van der Waals surface area contributed by atoms with E-state index in [0.717, 1.165) is 12.3 Å². The highest BCUT2D eigenvalue weighted by molar-refractivity contribution is 6.10. The van der Waals surface area contributed by atoms with Crippen molar-refractivity contribution in [2.45, 2.75) is 66.6 Å². The first-order valence-corrected chi connectivity index (χ1v) is 10.6. The molecule has 12 heteroatoms. The summed E-state index contributed by atoms with van der Waals surface area (Å²) < 4.78 is 10.6. The summed E-state index contributed by atoms with van der Waals surface area (Å²) in [6, 6.07) is 4.22. The molecule has 0 fully saturated rings. The maximum absolute atomic E-state index is 12.9. The lowest BCUT2D eigenvalue weighted by atomic mass is 10.2. The first kappa shape index (κ1) is 27.2. The highest BCUT2D eigenvalue weighted by Gasteiger charge is 2.38. The van der Waals surface area contributed by atoms with Crippen molar-refractivity contribution in [2.24, 2.45) is 0 Å². The fourth-order valence-corrected chi connectivity index (χ4v) is 2.91. The Labute approximate surface area is 203 Å². The number of aromatic nitrogens is 2. The number of amides is 3. The van der Waals surface area contributed by atoms with E-state index in [0.29, 0.717) is 16.3 Å². The predicted molar refractivity (Wildman–Crippen MR) is 128 cm³/mol. The molecule has 0 saturated heterocycles. The third-order valence-corrected chi connectivity index (χ3v) is 4.10. The van der Waals surface area contributed by atoms with E-state index in [-0.39, 0.29) is 5.69 Å². The van der Waals surface area contributed by atoms with Crippen LogP contribution in [0.2, 0.25) is 0 Å². The van der Waals surface area contributed by atoms with Gasteiger partial charge in [-0.05, 0) is 60.6 Å². The van der Waals surface area contributed by atoms with Crippen molar-refractivity contribution in [3.05, 3.63) is 46.4 Å². The summed E-state index contributed by atoms with van der Waals surface area (Å²) >= 11 is 0. The van der Waals surface area contributed by atoms with Gasteiger partial charge in [-0.2, -0.15) is 4.90 Å². The second-order valence-electron chi connectivity index (χ2n) is 9.60. The van der Waals surface area contributed by atoms with Gasteiger partial charge in [-0.25, -0.2) is 14.6 Å². The molecule has 0 aromatic carbocycles. The molecule has 35 heavy (non-hydrogen) atoms. The third-order valence-electron chi connectivity index (χ3n) is 4.10. The maximum Gasteiger partial charge on any atom is 0.426 e. The van der Waals surface area contributed by atoms with Crippen LogP contribution in [-0.4, -0.2) is 44.2 Å². The van der Waals surface area contributed by atoms with Crippen molar-refractivity contribution in [2.75, 3.05) is 9.80 Å². The standard InChI is InChI=1S/C23H29N5O7/c1-14-11-16(9-10-24-14)26(15(2)29)17-12-18(28(32)33)19(25-13-17)27(20(30)34-22(3,4)5)21(31)35-23(6,7)8/h9-13H,1-8H3. The highest BCUT2D eigenvalue weighted by atomic mass is 16.6. The van der Waals surface area contributed by atoms with Crippen molar-refractivity contribution >= 4 is 41.0 Å². The number of pyridine rings is 2. The molecule has 3 amide bonds. The van der Waals surface area contributed by atoms with Gasteiger partial charge >= 0.3 is 17.9 Å². The number of nitrogens with zero attached hydrogens (tertiary/aromatic N) is 5. The van der Waals surface area contributed by atoms with Gasteiger partial charge in [-0.1, -0.05) is 0 Å². The van der Waals surface area contributed by atoms with E-state index in [1.807, 2.05) is 0 Å². The number of nitro groups is 1. The summed E-state index contributed by atoms with van der Waals surface area (Å²) in [5.74, 6) is -1.06. The second-order valence-corrected chi connectivity index (χ2v) is 9.60. The molecular formula is C23H29N5O7. The van der Waals surface area contributed by atoms with Crippen LogP contribution >= 0.6 is 0 Å². The Morgan fingerprint density at radius 2 is 1.49 bits per heavy atom. The SMILES string of the molecule is CC(=O)N(c1ccnc(C)c1)c1cnc(N(C(=O)OC(C)(C)C)C(=O)OC(C)(C)C)c([N+](=O)[O-])c1. The Balaban J connectivity index is 2.68. The molecule has 0 atom stereocenters. The normalized spacial score (nSPS) is 11.4. The van der Waals surface area contributed by atoms with Crippen LogP contribution < -0.4 is 9.80 Å². The summed E-state index contributed by atoms with van der Waals surface area (Å²) in [4.78, 5) is 59.1. The minimum atomic E-state index is -1.21. The van der Waals surface area contributed by atoms with Crippen LogP contribution in [0.1, 0.15) is 54.2 Å². The Morgan fingerprint density at radius 1 is 0.943 bits per heavy atom. The molecule has 12 nitrogen and oxygen atoms in total. The lowest BCUT2D eigenvalue weighted by molar-refractivity contribution is -0.384. The van der Waals surface area contributed by atoms with Gasteiger partial charge < -0.3 is 9.47 Å². The Morgan fingerprint density at radius 3 is 1.91 bits per heavy atom. The Kier molecular flexibility index (Phi) is 7.79. The second kappa shape index (κ2) is 10.0. The van der Waals surface area contributed by atoms with Gasteiger partial charge in [0.2, 0.25) is 11.7 Å². The van der Waals surface area contributed by atoms with Gasteiger partial charge in [0.1, 0.15) is 11.2 Å². The summed E-state index contributed by atoms with van der Waals surface area (Å²) in [5, 5.41) is 12.0. The minimum absolute atomic E-state index is 0.0480. The number of ether oxygens (including phenoxy) is 2. The predicted octanol–water partition coefficient (Wildman–Crippen LogP) is 5.05. The molecule has 2 aromatic rings. The molecule has 0 aliphatic carbocycles. The van der Waals surface area contributed by atoms with Crippen molar-refractivity contribution in [1.29, 1.82) is 0 Å². The average Bonchev–Trinajstić information content (AvgIpc) is 2.66. The van der Waals surface area contributed by atoms with Crippen LogP contribution in [-0.2, 0) is 14.3 Å². The third kappa shape index (κ3) is 7.19. The van der Waals surface area contributed by atoms with Gasteiger partial charge in [-0.3, -0.25) is 24.8 Å². The van der Waals surface area contributed by atoms with Crippen LogP contribution in [0.4, 0.5) is 32.5 Å². The molecule has 0 saturated carbocycles. The van der Waals surface area contributed by atoms with Crippen molar-refractivity contribution < 1.29 is 28.8 Å². The fourth-order valence-electron chi connectivity index (χ4n) is 2.91. The zero-order chi connectivity index (χ0) is 26.7. The molecule has 0 unspecified atom stereocenters. The molecular weight excluding hydrogens is 458 g/mol. The summed E-state index contributed by atoms with van der Waals surface area (Å²) in [7, 11) is 0. The lowest BCUT2D eigenvalue weighted by Crippen LogP contribution is -2.44. The van der Waals surface area contributed by atoms with Crippen molar-refractivity contribution in [3.8, 4) is 0 Å². The number of carbonyl (C=O) groups is 3. The molecule has 0 radical (unpaired) electrons. The van der Waals surface area contributed by atoms with E-state index in [1.165, 1.54) is 18.0 Å². The van der Waals surface area contributed by atoms with Gasteiger partial charge in [-0.15, -0.1) is 0 Å². The van der Waals surface area contributed by atoms with Gasteiger partial charge in [0.15, 0.2) is 0 Å². The van der Waals surface area contributed by atoms with E-state index in [1.54, 1.807) is 60.6 Å². The quantitative estimate of drug-likeness (QED) is 0.427. The zero-order valence-corrected chi connectivity index (χ0v) is 21.0. The maximum atomic E-state index is 12.9. The molecule has 0 aliphatic rings. The number of rotatable bonds is 4. The largest absolute Gasteiger partial charge is 0.443 e. The van der Waals surface area contributed by atoms with Crippen LogP contribution in [0.3, 0.4) is 0 Å². The van der Waals surface area contributed by atoms with E-state index < -0.39 is 45.7 Å². The number of hydrogen-bond acceptors (Lipinski definition) is 9. The first-order chi connectivity index (χ1) is 16.0. The van der Waals surface area contributed by atoms with E-state index >= 15 is 0 Å². The van der Waals surface area contributed by atoms with Gasteiger partial charge in [0, 0.05) is 24.9 Å². The van der Waals surface area contributed by atoms with Crippen LogP contribution in [0, 0.1) is 17.0 Å². The fraction of sp³-hybridized carbons (Fsp3) is 0.435. The van der Waals surface area contributed by atoms with Crippen molar-refractivity contribution in [1.82, 2.24) is 9.97 Å². The number of carbonyl (C=O) groups excluding carboxylic acids is 3. The van der Waals surface area contributed by atoms with E-state index in [4.69, 9.17) is 9.47 Å². The number of hydrogen-bond donors (Lipinski definition) is 0. The summed E-state index contributed by atoms with van der Waals surface area (Å²) in [6.07, 6.45) is 0.219. The number of aryl methyl sites for hydroxylation is 1. The molecule has 2 aromatic heterocycles. The molecule has 2 heterocycles. The molecule has 0 N–H and O–H groups in total. The Hall–Kier alpha value is -4.09. The highest BCUT2D eigenvalue weighted by Crippen LogP contribution is 2.35. The van der Waals surface area contributed by atoms with E-state index in [2.05, 4.69) is 9.97 Å². The van der Waals surface area contributed by atoms with Crippen molar-refractivity contribution in [3.63, 3.8) is 0 Å². The summed E-state index contributed by atoms with van der Waals surface area (Å²) in [6.45, 7) is 12.5. The van der Waals surface area contributed by atoms with E-state index in [9.17, 15) is 24.5 Å². The van der Waals surface area contributed by atoms with Gasteiger partial charge in [0.25, 0.3) is 0 Å². The van der Waals surface area contributed by atoms with Crippen LogP contribution in [0.5, 0.6) is 0 Å². The molecule has 0 spiro atoms. The topological polar surface area (TPSA) is 145 Å². The molecule has 188 valence electrons. The minimum Gasteiger partial charge on any atom is -0.443 e. The number of imide groups is 1. The number of anilines is 3. The zero-order valence-electron chi connectivity index (χ0n) is 21.0. The molecule has 0 aliphatic heterocycles. The molecule has 0 bridgehead atoms. The summed E-state index contributed by atoms with van der Waals surface area (Å²) in [5.41, 5.74) is -1.67. The van der Waals surface area contributed by atoms with Crippen LogP contribution in [0.25, 0.3) is 0 Å². The van der Waals surface area contributed by atoms with Crippen LogP contribution in [0.15, 0.2) is 30.6 Å². The van der Waals surface area contributed by atoms with Gasteiger partial charge in [0.05, 0.1) is 22.5 Å². The first-order valence-electron chi connectivity index (χ1n) is 10.6. The molecule has 2 rings (SSSR count). The monoisotopic (exact) mass is 487 g/mol.